The van der Waals surface area contributed by atoms with Gasteiger partial charge in [0.25, 0.3) is 0 Å². The second-order valence-electron chi connectivity index (χ2n) is 9.88. The SMILES string of the molecule is Cc1cc(C)c(-c2c(C(C)(C)C)nn(C(C)C)c2C(C)(C)C)c(C)c1.[Pt]. The Morgan fingerprint density at radius 3 is 1.62 bits per heavy atom. The van der Waals surface area contributed by atoms with Gasteiger partial charge >= 0.3 is 0 Å². The van der Waals surface area contributed by atoms with Gasteiger partial charge in [-0.1, -0.05) is 59.2 Å². The molecular formula is C23H36N2Pt. The Morgan fingerprint density at radius 2 is 1.27 bits per heavy atom. The minimum atomic E-state index is -0.000755. The summed E-state index contributed by atoms with van der Waals surface area (Å²) in [7, 11) is 0. The molecule has 0 atom stereocenters. The third-order valence-electron chi connectivity index (χ3n) is 4.75. The molecule has 148 valence electrons. The molecule has 0 spiro atoms. The monoisotopic (exact) mass is 535 g/mol. The maximum atomic E-state index is 5.15. The van der Waals surface area contributed by atoms with Crippen LogP contribution in [0, 0.1) is 20.8 Å². The summed E-state index contributed by atoms with van der Waals surface area (Å²) in [6.07, 6.45) is 0. The van der Waals surface area contributed by atoms with Gasteiger partial charge < -0.3 is 0 Å². The zero-order chi connectivity index (χ0) is 19.3. The normalized spacial score (nSPS) is 12.5. The number of hydrogen-bond acceptors (Lipinski definition) is 1. The maximum absolute atomic E-state index is 5.15. The van der Waals surface area contributed by atoms with Crippen molar-refractivity contribution in [2.45, 2.75) is 93.0 Å². The smallest absolute Gasteiger partial charge is 0.0759 e. The van der Waals surface area contributed by atoms with Crippen LogP contribution in [0.4, 0.5) is 0 Å². The Labute approximate surface area is 175 Å². The van der Waals surface area contributed by atoms with Crippen molar-refractivity contribution in [3.8, 4) is 11.1 Å². The second-order valence-corrected chi connectivity index (χ2v) is 9.88. The molecule has 0 radical (unpaired) electrons. The fraction of sp³-hybridized carbons (Fsp3) is 0.609. The van der Waals surface area contributed by atoms with Crippen molar-refractivity contribution < 1.29 is 21.1 Å². The third-order valence-corrected chi connectivity index (χ3v) is 4.75. The zero-order valence-corrected chi connectivity index (χ0v) is 20.7. The largest absolute Gasteiger partial charge is 0.266 e. The Balaban J connectivity index is 0.00000338. The fourth-order valence-corrected chi connectivity index (χ4v) is 3.86. The average molecular weight is 536 g/mol. The molecule has 1 heterocycles. The van der Waals surface area contributed by atoms with Gasteiger partial charge in [-0.15, -0.1) is 0 Å². The van der Waals surface area contributed by atoms with Gasteiger partial charge in [0.05, 0.1) is 11.4 Å². The van der Waals surface area contributed by atoms with E-state index in [4.69, 9.17) is 5.10 Å². The summed E-state index contributed by atoms with van der Waals surface area (Å²) in [6, 6.07) is 4.94. The summed E-state index contributed by atoms with van der Waals surface area (Å²) in [5.74, 6) is 0. The van der Waals surface area contributed by atoms with Gasteiger partial charge in [0, 0.05) is 43.5 Å². The first-order chi connectivity index (χ1) is 11.2. The quantitative estimate of drug-likeness (QED) is 0.421. The van der Waals surface area contributed by atoms with E-state index >= 15 is 0 Å². The van der Waals surface area contributed by atoms with Gasteiger partial charge in [0.2, 0.25) is 0 Å². The molecule has 0 bridgehead atoms. The molecule has 0 aliphatic rings. The molecule has 0 unspecified atom stereocenters. The molecule has 3 heteroatoms. The Hall–Kier alpha value is -0.882. The molecule has 1 aromatic heterocycles. The number of aromatic nitrogens is 2. The molecule has 0 N–H and O–H groups in total. The number of benzene rings is 1. The van der Waals surface area contributed by atoms with Gasteiger partial charge in [-0.25, -0.2) is 0 Å². The van der Waals surface area contributed by atoms with Crippen LogP contribution in [0.1, 0.15) is 89.5 Å². The first kappa shape index (κ1) is 23.2. The predicted molar refractivity (Wildman–Crippen MR) is 110 cm³/mol. The van der Waals surface area contributed by atoms with Gasteiger partial charge in [0.1, 0.15) is 0 Å². The first-order valence-corrected chi connectivity index (χ1v) is 9.46. The van der Waals surface area contributed by atoms with Crippen molar-refractivity contribution >= 4 is 0 Å². The van der Waals surface area contributed by atoms with Crippen LogP contribution in [0.3, 0.4) is 0 Å². The number of rotatable bonds is 2. The molecule has 0 aliphatic carbocycles. The third kappa shape index (κ3) is 4.33. The molecular weight excluding hydrogens is 499 g/mol. The van der Waals surface area contributed by atoms with Crippen LogP contribution in [-0.2, 0) is 31.9 Å². The minimum Gasteiger partial charge on any atom is -0.266 e. The van der Waals surface area contributed by atoms with Crippen molar-refractivity contribution in [1.29, 1.82) is 0 Å². The molecule has 2 nitrogen and oxygen atoms in total. The van der Waals surface area contributed by atoms with E-state index in [-0.39, 0.29) is 31.9 Å². The first-order valence-electron chi connectivity index (χ1n) is 9.46. The zero-order valence-electron chi connectivity index (χ0n) is 18.4. The average Bonchev–Trinajstić information content (AvgIpc) is 2.77. The van der Waals surface area contributed by atoms with E-state index in [0.717, 1.165) is 0 Å². The molecule has 1 aromatic carbocycles. The molecule has 0 saturated carbocycles. The summed E-state index contributed by atoms with van der Waals surface area (Å²) < 4.78 is 2.26. The van der Waals surface area contributed by atoms with E-state index in [0.29, 0.717) is 6.04 Å². The molecule has 0 fully saturated rings. The van der Waals surface area contributed by atoms with Crippen molar-refractivity contribution in [2.75, 3.05) is 0 Å². The molecule has 0 saturated heterocycles. The van der Waals surface area contributed by atoms with Gasteiger partial charge in [-0.05, 0) is 51.3 Å². The Morgan fingerprint density at radius 1 is 0.808 bits per heavy atom. The molecule has 26 heavy (non-hydrogen) atoms. The van der Waals surface area contributed by atoms with E-state index in [1.165, 1.54) is 39.2 Å². The van der Waals surface area contributed by atoms with E-state index < -0.39 is 0 Å². The van der Waals surface area contributed by atoms with Crippen molar-refractivity contribution in [1.82, 2.24) is 9.78 Å². The number of nitrogens with zero attached hydrogens (tertiary/aromatic N) is 2. The molecule has 0 aliphatic heterocycles. The summed E-state index contributed by atoms with van der Waals surface area (Å²) in [5, 5.41) is 5.15. The topological polar surface area (TPSA) is 17.8 Å². The molecule has 2 rings (SSSR count). The predicted octanol–water partition coefficient (Wildman–Crippen LogP) is 6.65. The van der Waals surface area contributed by atoms with Crippen LogP contribution in [0.15, 0.2) is 12.1 Å². The Kier molecular flexibility index (Phi) is 6.79. The Bertz CT molecular complexity index is 761. The maximum Gasteiger partial charge on any atom is 0.0759 e. The van der Waals surface area contributed by atoms with E-state index in [1.807, 2.05) is 0 Å². The van der Waals surface area contributed by atoms with Crippen LogP contribution in [0.25, 0.3) is 11.1 Å². The van der Waals surface area contributed by atoms with Crippen molar-refractivity contribution in [3.63, 3.8) is 0 Å². The van der Waals surface area contributed by atoms with Crippen LogP contribution in [0.2, 0.25) is 0 Å². The van der Waals surface area contributed by atoms with Gasteiger partial charge in [-0.3, -0.25) is 4.68 Å². The van der Waals surface area contributed by atoms with Crippen LogP contribution >= 0.6 is 0 Å². The molecule has 2 aromatic rings. The summed E-state index contributed by atoms with van der Waals surface area (Å²) in [5.41, 5.74) is 9.32. The van der Waals surface area contributed by atoms with Crippen LogP contribution < -0.4 is 0 Å². The van der Waals surface area contributed by atoms with E-state index in [2.05, 4.69) is 93.0 Å². The van der Waals surface area contributed by atoms with Crippen molar-refractivity contribution in [3.05, 3.63) is 40.2 Å². The summed E-state index contributed by atoms with van der Waals surface area (Å²) >= 11 is 0. The standard InChI is InChI=1S/C23H36N2.Pt/c1-14(2)25-21(23(9,10)11)19(20(24-25)22(6,7)8)18-16(4)12-15(3)13-17(18)5;/h12-14H,1-11H3;. The van der Waals surface area contributed by atoms with Gasteiger partial charge in [0.15, 0.2) is 0 Å². The fourth-order valence-electron chi connectivity index (χ4n) is 3.86. The summed E-state index contributed by atoms with van der Waals surface area (Å²) in [4.78, 5) is 0. The van der Waals surface area contributed by atoms with Crippen LogP contribution in [0.5, 0.6) is 0 Å². The van der Waals surface area contributed by atoms with Gasteiger partial charge in [-0.2, -0.15) is 5.10 Å². The molecule has 0 amide bonds. The van der Waals surface area contributed by atoms with E-state index in [9.17, 15) is 0 Å². The number of hydrogen-bond donors (Lipinski definition) is 0. The van der Waals surface area contributed by atoms with Crippen LogP contribution in [-0.4, -0.2) is 9.78 Å². The van der Waals surface area contributed by atoms with Crippen molar-refractivity contribution in [2.24, 2.45) is 0 Å². The minimum absolute atomic E-state index is 0. The summed E-state index contributed by atoms with van der Waals surface area (Å²) in [6.45, 7) is 24.8. The number of aryl methyl sites for hydroxylation is 3. The second kappa shape index (κ2) is 7.62. The van der Waals surface area contributed by atoms with E-state index in [1.54, 1.807) is 0 Å².